The molecule has 2 aromatic rings. The van der Waals surface area contributed by atoms with Crippen LogP contribution in [0.15, 0.2) is 44.8 Å². The lowest BCUT2D eigenvalue weighted by Gasteiger charge is -2.21. The zero-order chi connectivity index (χ0) is 18.1. The molecule has 3 N–H and O–H groups in total. The minimum Gasteiger partial charge on any atom is -0.348 e. The predicted octanol–water partition coefficient (Wildman–Crippen LogP) is 2.41. The van der Waals surface area contributed by atoms with E-state index in [2.05, 4.69) is 21.1 Å². The van der Waals surface area contributed by atoms with Crippen molar-refractivity contribution < 1.29 is 14.1 Å². The molecule has 2 aliphatic rings. The van der Waals surface area contributed by atoms with E-state index in [-0.39, 0.29) is 17.9 Å². The lowest BCUT2D eigenvalue weighted by molar-refractivity contribution is -0.114. The van der Waals surface area contributed by atoms with Gasteiger partial charge in [0.1, 0.15) is 5.03 Å². The summed E-state index contributed by atoms with van der Waals surface area (Å²) in [5.41, 5.74) is 0.649. The summed E-state index contributed by atoms with van der Waals surface area (Å²) in [5, 5.41) is 13.7. The third kappa shape index (κ3) is 3.76. The molecule has 0 spiro atoms. The van der Waals surface area contributed by atoms with E-state index in [1.54, 1.807) is 6.07 Å². The number of fused-ring (bicyclic) bond motifs is 2. The Morgan fingerprint density at radius 1 is 1.27 bits per heavy atom. The molecule has 3 heterocycles. The number of rotatable bonds is 5. The minimum absolute atomic E-state index is 0.0321. The summed E-state index contributed by atoms with van der Waals surface area (Å²) >= 11 is 1.40. The van der Waals surface area contributed by atoms with Crippen molar-refractivity contribution in [1.29, 1.82) is 0 Å². The van der Waals surface area contributed by atoms with E-state index in [4.69, 9.17) is 4.52 Å². The Bertz CT molecular complexity index is 820. The first kappa shape index (κ1) is 17.1. The molecule has 2 saturated heterocycles. The lowest BCUT2D eigenvalue weighted by Crippen LogP contribution is -2.42. The number of aromatic nitrogens is 1. The Kier molecular flexibility index (Phi) is 4.69. The van der Waals surface area contributed by atoms with E-state index in [9.17, 15) is 9.59 Å². The molecule has 2 aliphatic heterocycles. The third-order valence-electron chi connectivity index (χ3n) is 4.74. The van der Waals surface area contributed by atoms with Gasteiger partial charge >= 0.3 is 0 Å². The average molecular weight is 372 g/mol. The first-order valence-corrected chi connectivity index (χ1v) is 9.47. The summed E-state index contributed by atoms with van der Waals surface area (Å²) < 4.78 is 5.04. The van der Waals surface area contributed by atoms with Gasteiger partial charge in [0.25, 0.3) is 5.91 Å². The van der Waals surface area contributed by atoms with E-state index in [0.29, 0.717) is 28.6 Å². The molecule has 0 radical (unpaired) electrons. The van der Waals surface area contributed by atoms with Crippen molar-refractivity contribution in [3.63, 3.8) is 0 Å². The molecule has 2 fully saturated rings. The summed E-state index contributed by atoms with van der Waals surface area (Å²) in [7, 11) is 0. The fourth-order valence-corrected chi connectivity index (χ4v) is 4.32. The summed E-state index contributed by atoms with van der Waals surface area (Å²) in [6.07, 6.45) is 3.38. The van der Waals surface area contributed by atoms with E-state index in [1.165, 1.54) is 25.1 Å². The topological polar surface area (TPSA) is 96.3 Å². The van der Waals surface area contributed by atoms with E-state index in [0.717, 1.165) is 17.7 Å². The smallest absolute Gasteiger partial charge is 0.251 e. The lowest BCUT2D eigenvalue weighted by atomic mass is 9.95. The van der Waals surface area contributed by atoms with Gasteiger partial charge in [-0.15, -0.1) is 0 Å². The summed E-state index contributed by atoms with van der Waals surface area (Å²) in [6, 6.07) is 10.3. The normalized spacial score (nSPS) is 23.8. The molecule has 0 saturated carbocycles. The van der Waals surface area contributed by atoms with E-state index < -0.39 is 0 Å². The second kappa shape index (κ2) is 7.13. The quantitative estimate of drug-likeness (QED) is 0.746. The van der Waals surface area contributed by atoms with Crippen molar-refractivity contribution >= 4 is 29.5 Å². The average Bonchev–Trinajstić information content (AvgIpc) is 3.32. The Labute approximate surface area is 155 Å². The van der Waals surface area contributed by atoms with Gasteiger partial charge in [0.15, 0.2) is 0 Å². The fraction of sp³-hybridized carbons (Fsp3) is 0.389. The molecular formula is C18H20N4O3S. The molecule has 0 aliphatic carbocycles. The Balaban J connectivity index is 1.35. The van der Waals surface area contributed by atoms with Crippen LogP contribution >= 0.6 is 11.8 Å². The molecule has 8 heteroatoms. The molecule has 3 atom stereocenters. The van der Waals surface area contributed by atoms with Crippen molar-refractivity contribution in [2.24, 2.45) is 0 Å². The van der Waals surface area contributed by atoms with Gasteiger partial charge < -0.3 is 15.2 Å². The highest BCUT2D eigenvalue weighted by Crippen LogP contribution is 2.30. The summed E-state index contributed by atoms with van der Waals surface area (Å²) in [5.74, 6) is 0.0736. The SMILES string of the molecule is CC(=O)Nc1cc(Sc2ccc(C(=O)N[C@@H]3C[C@H]4CC[C@@H]3N4)cc2)no1. The van der Waals surface area contributed by atoms with Gasteiger partial charge in [0.2, 0.25) is 11.8 Å². The number of hydrogen-bond donors (Lipinski definition) is 3. The van der Waals surface area contributed by atoms with E-state index in [1.807, 2.05) is 24.3 Å². The van der Waals surface area contributed by atoms with Crippen LogP contribution < -0.4 is 16.0 Å². The fourth-order valence-electron chi connectivity index (χ4n) is 3.57. The van der Waals surface area contributed by atoms with Crippen LogP contribution in [0.25, 0.3) is 0 Å². The van der Waals surface area contributed by atoms with E-state index >= 15 is 0 Å². The number of nitrogens with zero attached hydrogens (tertiary/aromatic N) is 1. The van der Waals surface area contributed by atoms with Crippen molar-refractivity contribution in [3.05, 3.63) is 35.9 Å². The van der Waals surface area contributed by atoms with Gasteiger partial charge in [0, 0.05) is 41.6 Å². The molecule has 2 bridgehead atoms. The highest BCUT2D eigenvalue weighted by molar-refractivity contribution is 7.99. The zero-order valence-corrected chi connectivity index (χ0v) is 15.1. The van der Waals surface area contributed by atoms with Crippen LogP contribution in [-0.2, 0) is 4.79 Å². The van der Waals surface area contributed by atoms with Gasteiger partial charge in [-0.1, -0.05) is 16.9 Å². The number of carbonyl (C=O) groups is 2. The molecule has 1 aromatic heterocycles. The monoisotopic (exact) mass is 372 g/mol. The second-order valence-electron chi connectivity index (χ2n) is 6.70. The molecule has 4 rings (SSSR count). The Hall–Kier alpha value is -2.32. The number of anilines is 1. The maximum atomic E-state index is 12.4. The summed E-state index contributed by atoms with van der Waals surface area (Å²) in [4.78, 5) is 24.4. The maximum Gasteiger partial charge on any atom is 0.251 e. The van der Waals surface area contributed by atoms with Gasteiger partial charge in [-0.25, -0.2) is 0 Å². The minimum atomic E-state index is -0.209. The van der Waals surface area contributed by atoms with Crippen LogP contribution in [0, 0.1) is 0 Å². The zero-order valence-electron chi connectivity index (χ0n) is 14.3. The van der Waals surface area contributed by atoms with Crippen molar-refractivity contribution in [2.75, 3.05) is 5.32 Å². The molecule has 7 nitrogen and oxygen atoms in total. The van der Waals surface area contributed by atoms with Crippen LogP contribution in [0.1, 0.15) is 36.5 Å². The first-order valence-electron chi connectivity index (χ1n) is 8.66. The van der Waals surface area contributed by atoms with Crippen LogP contribution in [0.3, 0.4) is 0 Å². The highest BCUT2D eigenvalue weighted by atomic mass is 32.2. The van der Waals surface area contributed by atoms with Crippen molar-refractivity contribution in [2.45, 2.75) is 54.2 Å². The van der Waals surface area contributed by atoms with Crippen LogP contribution in [0.2, 0.25) is 0 Å². The van der Waals surface area contributed by atoms with Crippen LogP contribution in [0.5, 0.6) is 0 Å². The number of hydrogen-bond acceptors (Lipinski definition) is 6. The van der Waals surface area contributed by atoms with Gasteiger partial charge in [-0.2, -0.15) is 0 Å². The predicted molar refractivity (Wildman–Crippen MR) is 97.2 cm³/mol. The van der Waals surface area contributed by atoms with Gasteiger partial charge in [0.05, 0.1) is 0 Å². The second-order valence-corrected chi connectivity index (χ2v) is 7.79. The van der Waals surface area contributed by atoms with Crippen molar-refractivity contribution in [3.8, 4) is 0 Å². The number of nitrogens with one attached hydrogen (secondary N) is 3. The van der Waals surface area contributed by atoms with Crippen LogP contribution in [-0.4, -0.2) is 35.1 Å². The van der Waals surface area contributed by atoms with Crippen LogP contribution in [0.4, 0.5) is 5.88 Å². The molecule has 1 aromatic carbocycles. The van der Waals surface area contributed by atoms with Gasteiger partial charge in [-0.05, 0) is 43.5 Å². The molecular weight excluding hydrogens is 352 g/mol. The summed E-state index contributed by atoms with van der Waals surface area (Å²) in [6.45, 7) is 1.41. The molecule has 26 heavy (non-hydrogen) atoms. The third-order valence-corrected chi connectivity index (χ3v) is 5.65. The molecule has 2 amide bonds. The standard InChI is InChI=1S/C18H20N4O3S/c1-10(23)19-16-9-17(22-25-16)26-13-5-2-11(3-6-13)18(24)21-15-8-12-4-7-14(15)20-12/h2-3,5-6,9,12,14-15,20H,4,7-8H2,1H3,(H,19,23)(H,21,24)/t12-,14+,15-/m1/s1. The number of amides is 2. The van der Waals surface area contributed by atoms with Gasteiger partial charge in [-0.3, -0.25) is 14.9 Å². The maximum absolute atomic E-state index is 12.4. The number of carbonyl (C=O) groups excluding carboxylic acids is 2. The molecule has 136 valence electrons. The largest absolute Gasteiger partial charge is 0.348 e. The molecule has 0 unspecified atom stereocenters. The first-order chi connectivity index (χ1) is 12.6. The highest BCUT2D eigenvalue weighted by Gasteiger charge is 2.39. The van der Waals surface area contributed by atoms with Crippen molar-refractivity contribution in [1.82, 2.24) is 15.8 Å². The number of benzene rings is 1. The Morgan fingerprint density at radius 2 is 2.08 bits per heavy atom. The Morgan fingerprint density at radius 3 is 2.73 bits per heavy atom.